The van der Waals surface area contributed by atoms with Gasteiger partial charge in [-0.05, 0) is 48.4 Å². The molecule has 0 N–H and O–H groups in total. The molecule has 3 heteroatoms. The van der Waals surface area contributed by atoms with Crippen molar-refractivity contribution in [3.63, 3.8) is 0 Å². The molecule has 2 heterocycles. The fourth-order valence-electron chi connectivity index (χ4n) is 5.98. The highest BCUT2D eigenvalue weighted by Crippen LogP contribution is 2.40. The van der Waals surface area contributed by atoms with Crippen LogP contribution in [0.25, 0.3) is 76.9 Å². The van der Waals surface area contributed by atoms with Crippen LogP contribution in [0.4, 0.5) is 0 Å². The number of benzene rings is 6. The molecule has 0 saturated carbocycles. The minimum absolute atomic E-state index is 0.848. The van der Waals surface area contributed by atoms with Crippen molar-refractivity contribution in [2.45, 2.75) is 13.8 Å². The molecule has 8 rings (SSSR count). The molecule has 0 aliphatic heterocycles. The lowest BCUT2D eigenvalue weighted by molar-refractivity contribution is 0.670. The predicted octanol–water partition coefficient (Wildman–Crippen LogP) is 9.79. The lowest BCUT2D eigenvalue weighted by Gasteiger charge is -2.13. The molecule has 0 aliphatic carbocycles. The van der Waals surface area contributed by atoms with Crippen LogP contribution in [0.2, 0.25) is 0 Å². The van der Waals surface area contributed by atoms with Crippen molar-refractivity contribution >= 4 is 54.5 Å². The zero-order valence-electron chi connectivity index (χ0n) is 21.7. The number of para-hydroxylation sites is 2. The maximum absolute atomic E-state index is 6.39. The predicted molar refractivity (Wildman–Crippen MR) is 162 cm³/mol. The van der Waals surface area contributed by atoms with Crippen LogP contribution < -0.4 is 0 Å². The molecule has 39 heavy (non-hydrogen) atoms. The molecule has 6 aromatic carbocycles. The van der Waals surface area contributed by atoms with Gasteiger partial charge in [0.2, 0.25) is 0 Å². The summed E-state index contributed by atoms with van der Waals surface area (Å²) in [6, 6.07) is 36.2. The monoisotopic (exact) mass is 500 g/mol. The lowest BCUT2D eigenvalue weighted by atomic mass is 9.95. The summed E-state index contributed by atoms with van der Waals surface area (Å²) in [6.07, 6.45) is 1.92. The fourth-order valence-corrected chi connectivity index (χ4v) is 5.98. The Balaban J connectivity index is 1.43. The molecular weight excluding hydrogens is 476 g/mol. The van der Waals surface area contributed by atoms with Gasteiger partial charge in [0.05, 0.1) is 22.9 Å². The molecule has 0 atom stereocenters. The fraction of sp³-hybridized carbons (Fsp3) is 0.0556. The summed E-state index contributed by atoms with van der Waals surface area (Å²) in [5.41, 5.74) is 10.1. The summed E-state index contributed by atoms with van der Waals surface area (Å²) >= 11 is 0. The van der Waals surface area contributed by atoms with Crippen LogP contribution in [-0.2, 0) is 0 Å². The topological polar surface area (TPSA) is 38.9 Å². The molecule has 0 aliphatic rings. The van der Waals surface area contributed by atoms with Gasteiger partial charge in [0.25, 0.3) is 0 Å². The third-order valence-corrected chi connectivity index (χ3v) is 7.82. The first-order chi connectivity index (χ1) is 19.2. The van der Waals surface area contributed by atoms with Crippen molar-refractivity contribution in [2.24, 2.45) is 0 Å². The van der Waals surface area contributed by atoms with Crippen molar-refractivity contribution in [2.75, 3.05) is 0 Å². The average Bonchev–Trinajstić information content (AvgIpc) is 3.36. The van der Waals surface area contributed by atoms with E-state index in [1.807, 2.05) is 18.3 Å². The van der Waals surface area contributed by atoms with Crippen LogP contribution in [0.5, 0.6) is 0 Å². The standard InChI is InChI=1S/C36H24N2O/c1-21-14-16-24-25-17-15-22(2)19-31(25)35-34(30(24)18-21)37-20-32(38-35)26-9-4-3-8-23(26)28-11-7-12-29-27-10-5-6-13-33(27)39-36(28)29/h3-20H,1-2H3. The van der Waals surface area contributed by atoms with E-state index < -0.39 is 0 Å². The zero-order chi connectivity index (χ0) is 26.1. The zero-order valence-corrected chi connectivity index (χ0v) is 21.7. The maximum Gasteiger partial charge on any atom is 0.143 e. The van der Waals surface area contributed by atoms with Gasteiger partial charge in [-0.2, -0.15) is 0 Å². The normalized spacial score (nSPS) is 11.8. The van der Waals surface area contributed by atoms with Crippen LogP contribution in [0.15, 0.2) is 114 Å². The van der Waals surface area contributed by atoms with Crippen molar-refractivity contribution in [1.82, 2.24) is 9.97 Å². The van der Waals surface area contributed by atoms with Gasteiger partial charge >= 0.3 is 0 Å². The average molecular weight is 501 g/mol. The maximum atomic E-state index is 6.39. The summed E-state index contributed by atoms with van der Waals surface area (Å²) in [4.78, 5) is 10.4. The number of rotatable bonds is 2. The molecule has 0 spiro atoms. The first-order valence-electron chi connectivity index (χ1n) is 13.3. The van der Waals surface area contributed by atoms with E-state index >= 15 is 0 Å². The Morgan fingerprint density at radius 1 is 0.513 bits per heavy atom. The Hall–Kier alpha value is -5.02. The summed E-state index contributed by atoms with van der Waals surface area (Å²) in [7, 11) is 0. The highest BCUT2D eigenvalue weighted by atomic mass is 16.3. The molecule has 0 bridgehead atoms. The quantitative estimate of drug-likeness (QED) is 0.222. The molecular formula is C36H24N2O. The minimum Gasteiger partial charge on any atom is -0.455 e. The van der Waals surface area contributed by atoms with Crippen LogP contribution in [0.1, 0.15) is 11.1 Å². The second-order valence-electron chi connectivity index (χ2n) is 10.4. The van der Waals surface area contributed by atoms with Crippen LogP contribution >= 0.6 is 0 Å². The van der Waals surface area contributed by atoms with E-state index in [1.165, 1.54) is 21.9 Å². The Kier molecular flexibility index (Phi) is 4.65. The molecule has 0 amide bonds. The Bertz CT molecular complexity index is 2260. The van der Waals surface area contributed by atoms with E-state index in [4.69, 9.17) is 14.4 Å². The van der Waals surface area contributed by atoms with Gasteiger partial charge in [-0.25, -0.2) is 4.98 Å². The first-order valence-corrected chi connectivity index (χ1v) is 13.3. The molecule has 0 radical (unpaired) electrons. The van der Waals surface area contributed by atoms with E-state index in [1.54, 1.807) is 0 Å². The van der Waals surface area contributed by atoms with Gasteiger partial charge in [0, 0.05) is 32.7 Å². The third-order valence-electron chi connectivity index (χ3n) is 7.82. The van der Waals surface area contributed by atoms with Gasteiger partial charge < -0.3 is 4.42 Å². The third kappa shape index (κ3) is 3.30. The van der Waals surface area contributed by atoms with Crippen molar-refractivity contribution in [3.8, 4) is 22.4 Å². The van der Waals surface area contributed by atoms with Gasteiger partial charge in [-0.3, -0.25) is 4.98 Å². The van der Waals surface area contributed by atoms with E-state index in [0.29, 0.717) is 0 Å². The smallest absolute Gasteiger partial charge is 0.143 e. The molecule has 0 saturated heterocycles. The number of hydrogen-bond acceptors (Lipinski definition) is 3. The second-order valence-corrected chi connectivity index (χ2v) is 10.4. The Morgan fingerprint density at radius 3 is 1.95 bits per heavy atom. The number of furan rings is 1. The number of aromatic nitrogens is 2. The Labute approximate surface area is 225 Å². The van der Waals surface area contributed by atoms with Crippen LogP contribution in [0, 0.1) is 13.8 Å². The summed E-state index contributed by atoms with van der Waals surface area (Å²) in [5.74, 6) is 0. The van der Waals surface area contributed by atoms with Gasteiger partial charge in [-0.1, -0.05) is 96.1 Å². The molecule has 0 fully saturated rings. The van der Waals surface area contributed by atoms with Crippen molar-refractivity contribution in [1.29, 1.82) is 0 Å². The summed E-state index contributed by atoms with van der Waals surface area (Å²) in [6.45, 7) is 4.26. The SMILES string of the molecule is Cc1ccc2c3ccc(C)cc3c3nc(-c4ccccc4-c4cccc5c4oc4ccccc45)cnc3c2c1. The van der Waals surface area contributed by atoms with Crippen LogP contribution in [-0.4, -0.2) is 9.97 Å². The van der Waals surface area contributed by atoms with E-state index in [-0.39, 0.29) is 0 Å². The van der Waals surface area contributed by atoms with Crippen LogP contribution in [0.3, 0.4) is 0 Å². The lowest BCUT2D eigenvalue weighted by Crippen LogP contribution is -1.94. The molecule has 8 aromatic rings. The van der Waals surface area contributed by atoms with E-state index in [0.717, 1.165) is 66.1 Å². The molecule has 184 valence electrons. The number of aryl methyl sites for hydroxylation is 2. The highest BCUT2D eigenvalue weighted by molar-refractivity contribution is 6.23. The van der Waals surface area contributed by atoms with Crippen molar-refractivity contribution < 1.29 is 4.42 Å². The molecule has 0 unspecified atom stereocenters. The minimum atomic E-state index is 0.848. The number of hydrogen-bond donors (Lipinski definition) is 0. The summed E-state index contributed by atoms with van der Waals surface area (Å²) in [5, 5.41) is 6.93. The number of nitrogens with zero attached hydrogens (tertiary/aromatic N) is 2. The summed E-state index contributed by atoms with van der Waals surface area (Å²) < 4.78 is 6.39. The van der Waals surface area contributed by atoms with Crippen molar-refractivity contribution in [3.05, 3.63) is 120 Å². The number of fused-ring (bicyclic) bond motifs is 9. The van der Waals surface area contributed by atoms with Gasteiger partial charge in [0.15, 0.2) is 0 Å². The van der Waals surface area contributed by atoms with E-state index in [9.17, 15) is 0 Å². The van der Waals surface area contributed by atoms with Gasteiger partial charge in [-0.15, -0.1) is 0 Å². The van der Waals surface area contributed by atoms with Gasteiger partial charge in [0.1, 0.15) is 11.2 Å². The molecule has 2 aromatic heterocycles. The Morgan fingerprint density at radius 2 is 1.15 bits per heavy atom. The van der Waals surface area contributed by atoms with E-state index in [2.05, 4.69) is 105 Å². The largest absolute Gasteiger partial charge is 0.455 e. The first kappa shape index (κ1) is 22.0. The second kappa shape index (κ2) is 8.24. The highest BCUT2D eigenvalue weighted by Gasteiger charge is 2.18. The molecule has 3 nitrogen and oxygen atoms in total.